The highest BCUT2D eigenvalue weighted by molar-refractivity contribution is 7.92. The Hall–Kier alpha value is -4.34. The molecule has 1 N–H and O–H groups in total. The van der Waals surface area contributed by atoms with Crippen molar-refractivity contribution in [2.24, 2.45) is 0 Å². The zero-order valence-corrected chi connectivity index (χ0v) is 27.9. The molecule has 46 heavy (non-hydrogen) atoms. The third-order valence-corrected chi connectivity index (χ3v) is 9.61. The fourth-order valence-corrected chi connectivity index (χ4v) is 6.63. The topological polar surface area (TPSA) is 96.0 Å². The molecule has 242 valence electrons. The summed E-state index contributed by atoms with van der Waals surface area (Å²) in [6.07, 6.45) is 1.91. The van der Waals surface area contributed by atoms with Crippen LogP contribution in [0.4, 0.5) is 5.69 Å². The standard InChI is InChI=1S/C36H40ClN3O5S/c1-4-5-22-38-36(42)34(24-28-10-7-6-8-11-28)39(25-29-12-9-13-30(37)23-29)35(41)26-40(31-16-18-32(45-3)19-17-31)46(43,44)33-20-14-27(2)15-21-33/h6-21,23,34H,4-5,22,24-26H2,1-3H3,(H,38,42)/t34-/m0/s1. The van der Waals surface area contributed by atoms with Crippen LogP contribution in [0.3, 0.4) is 0 Å². The van der Waals surface area contributed by atoms with Gasteiger partial charge in [-0.3, -0.25) is 13.9 Å². The maximum absolute atomic E-state index is 14.5. The van der Waals surface area contributed by atoms with Gasteiger partial charge in [0.1, 0.15) is 18.3 Å². The van der Waals surface area contributed by atoms with Crippen LogP contribution in [0.1, 0.15) is 36.5 Å². The van der Waals surface area contributed by atoms with Crippen LogP contribution < -0.4 is 14.4 Å². The lowest BCUT2D eigenvalue weighted by atomic mass is 10.0. The van der Waals surface area contributed by atoms with Crippen LogP contribution in [-0.4, -0.2) is 51.4 Å². The molecule has 1 atom stereocenters. The minimum absolute atomic E-state index is 0.0408. The van der Waals surface area contributed by atoms with Gasteiger partial charge in [0.25, 0.3) is 10.0 Å². The molecule has 0 radical (unpaired) electrons. The Balaban J connectivity index is 1.79. The normalized spacial score (nSPS) is 11.8. The first-order chi connectivity index (χ1) is 22.1. The second-order valence-corrected chi connectivity index (χ2v) is 13.3. The van der Waals surface area contributed by atoms with E-state index in [2.05, 4.69) is 5.32 Å². The molecule has 0 unspecified atom stereocenters. The predicted molar refractivity (Wildman–Crippen MR) is 183 cm³/mol. The predicted octanol–water partition coefficient (Wildman–Crippen LogP) is 6.41. The first kappa shape index (κ1) is 34.5. The highest BCUT2D eigenvalue weighted by atomic mass is 35.5. The second-order valence-electron chi connectivity index (χ2n) is 11.0. The number of hydrogen-bond donors (Lipinski definition) is 1. The molecule has 10 heteroatoms. The number of aryl methyl sites for hydroxylation is 1. The number of carbonyl (C=O) groups is 2. The Bertz CT molecular complexity index is 1700. The maximum Gasteiger partial charge on any atom is 0.264 e. The minimum atomic E-state index is -4.20. The van der Waals surface area contributed by atoms with Gasteiger partial charge in [-0.05, 0) is 73.0 Å². The molecule has 0 fully saturated rings. The third-order valence-electron chi connectivity index (χ3n) is 7.59. The monoisotopic (exact) mass is 661 g/mol. The van der Waals surface area contributed by atoms with Gasteiger partial charge in [-0.2, -0.15) is 0 Å². The average Bonchev–Trinajstić information content (AvgIpc) is 3.06. The van der Waals surface area contributed by atoms with Gasteiger partial charge in [0.15, 0.2) is 0 Å². The van der Waals surface area contributed by atoms with Crippen molar-refractivity contribution in [1.82, 2.24) is 10.2 Å². The summed E-state index contributed by atoms with van der Waals surface area (Å²) in [6, 6.07) is 28.5. The molecular formula is C36H40ClN3O5S. The summed E-state index contributed by atoms with van der Waals surface area (Å²) >= 11 is 6.31. The van der Waals surface area contributed by atoms with Crippen molar-refractivity contribution in [3.63, 3.8) is 0 Å². The maximum atomic E-state index is 14.5. The molecule has 0 aliphatic carbocycles. The van der Waals surface area contributed by atoms with E-state index < -0.39 is 28.5 Å². The summed E-state index contributed by atoms with van der Waals surface area (Å²) in [5.41, 5.74) is 2.75. The van der Waals surface area contributed by atoms with Crippen molar-refractivity contribution in [3.05, 3.63) is 125 Å². The number of halogens is 1. The lowest BCUT2D eigenvalue weighted by Gasteiger charge is -2.34. The molecule has 0 aromatic heterocycles. The summed E-state index contributed by atoms with van der Waals surface area (Å²) in [6.45, 7) is 3.85. The lowest BCUT2D eigenvalue weighted by Crippen LogP contribution is -2.53. The van der Waals surface area contributed by atoms with E-state index in [4.69, 9.17) is 16.3 Å². The van der Waals surface area contributed by atoms with Crippen LogP contribution in [-0.2, 0) is 32.6 Å². The van der Waals surface area contributed by atoms with Crippen LogP contribution in [0, 0.1) is 6.92 Å². The van der Waals surface area contributed by atoms with E-state index in [0.717, 1.165) is 28.3 Å². The molecule has 0 saturated carbocycles. The van der Waals surface area contributed by atoms with E-state index in [1.54, 1.807) is 54.6 Å². The smallest absolute Gasteiger partial charge is 0.264 e. The van der Waals surface area contributed by atoms with E-state index in [-0.39, 0.29) is 29.5 Å². The number of sulfonamides is 1. The van der Waals surface area contributed by atoms with Crippen molar-refractivity contribution in [1.29, 1.82) is 0 Å². The Morgan fingerprint density at radius 2 is 1.57 bits per heavy atom. The van der Waals surface area contributed by atoms with E-state index in [1.165, 1.54) is 24.1 Å². The molecule has 0 heterocycles. The largest absolute Gasteiger partial charge is 0.497 e. The number of ether oxygens (including phenoxy) is 1. The Morgan fingerprint density at radius 1 is 0.891 bits per heavy atom. The van der Waals surface area contributed by atoms with E-state index in [1.807, 2.05) is 50.2 Å². The molecule has 0 aliphatic rings. The number of nitrogens with one attached hydrogen (secondary N) is 1. The number of rotatable bonds is 15. The van der Waals surface area contributed by atoms with Gasteiger partial charge in [0.05, 0.1) is 17.7 Å². The zero-order valence-electron chi connectivity index (χ0n) is 26.4. The Labute approximate surface area is 277 Å². The molecule has 2 amide bonds. The van der Waals surface area contributed by atoms with Crippen molar-refractivity contribution >= 4 is 39.1 Å². The fraction of sp³-hybridized carbons (Fsp3) is 0.278. The molecule has 8 nitrogen and oxygen atoms in total. The van der Waals surface area contributed by atoms with Gasteiger partial charge in [-0.1, -0.05) is 85.1 Å². The zero-order chi connectivity index (χ0) is 33.1. The van der Waals surface area contributed by atoms with Crippen molar-refractivity contribution in [2.45, 2.75) is 50.6 Å². The molecule has 0 saturated heterocycles. The average molecular weight is 662 g/mol. The highest BCUT2D eigenvalue weighted by Crippen LogP contribution is 2.27. The van der Waals surface area contributed by atoms with Gasteiger partial charge in [-0.25, -0.2) is 8.42 Å². The second kappa shape index (κ2) is 16.3. The van der Waals surface area contributed by atoms with Crippen LogP contribution in [0.25, 0.3) is 0 Å². The molecular weight excluding hydrogens is 622 g/mol. The molecule has 0 spiro atoms. The number of nitrogens with zero attached hydrogens (tertiary/aromatic N) is 2. The first-order valence-corrected chi connectivity index (χ1v) is 17.0. The number of anilines is 1. The molecule has 4 rings (SSSR count). The van der Waals surface area contributed by atoms with Gasteiger partial charge in [0.2, 0.25) is 11.8 Å². The number of unbranched alkanes of at least 4 members (excludes halogenated alkanes) is 1. The van der Waals surface area contributed by atoms with Crippen LogP contribution >= 0.6 is 11.6 Å². The summed E-state index contributed by atoms with van der Waals surface area (Å²) < 4.78 is 34.7. The number of benzene rings is 4. The van der Waals surface area contributed by atoms with Gasteiger partial charge < -0.3 is 15.0 Å². The Morgan fingerprint density at radius 3 is 2.20 bits per heavy atom. The summed E-state index contributed by atoms with van der Waals surface area (Å²) in [5, 5.41) is 3.48. The molecule has 0 bridgehead atoms. The summed E-state index contributed by atoms with van der Waals surface area (Å²) in [4.78, 5) is 29.8. The number of amides is 2. The molecule has 4 aromatic carbocycles. The fourth-order valence-electron chi connectivity index (χ4n) is 5.01. The number of methoxy groups -OCH3 is 1. The van der Waals surface area contributed by atoms with Gasteiger partial charge >= 0.3 is 0 Å². The third kappa shape index (κ3) is 9.11. The molecule has 0 aliphatic heterocycles. The van der Waals surface area contributed by atoms with Crippen LogP contribution in [0.5, 0.6) is 5.75 Å². The van der Waals surface area contributed by atoms with Gasteiger partial charge in [-0.15, -0.1) is 0 Å². The number of carbonyl (C=O) groups excluding carboxylic acids is 2. The first-order valence-electron chi connectivity index (χ1n) is 15.2. The quantitative estimate of drug-likeness (QED) is 0.149. The van der Waals surface area contributed by atoms with Gasteiger partial charge in [0, 0.05) is 24.5 Å². The number of hydrogen-bond acceptors (Lipinski definition) is 5. The SMILES string of the molecule is CCCCNC(=O)[C@H](Cc1ccccc1)N(Cc1cccc(Cl)c1)C(=O)CN(c1ccc(OC)cc1)S(=O)(=O)c1ccc(C)cc1. The summed E-state index contributed by atoms with van der Waals surface area (Å²) in [7, 11) is -2.68. The minimum Gasteiger partial charge on any atom is -0.497 e. The highest BCUT2D eigenvalue weighted by Gasteiger charge is 2.34. The Kier molecular flexibility index (Phi) is 12.2. The van der Waals surface area contributed by atoms with E-state index >= 15 is 0 Å². The van der Waals surface area contributed by atoms with Crippen LogP contribution in [0.15, 0.2) is 108 Å². The van der Waals surface area contributed by atoms with E-state index in [0.29, 0.717) is 22.9 Å². The van der Waals surface area contributed by atoms with Crippen molar-refractivity contribution < 1.29 is 22.7 Å². The van der Waals surface area contributed by atoms with Crippen molar-refractivity contribution in [3.8, 4) is 5.75 Å². The van der Waals surface area contributed by atoms with Crippen molar-refractivity contribution in [2.75, 3.05) is 24.5 Å². The summed E-state index contributed by atoms with van der Waals surface area (Å²) in [5.74, 6) is -0.319. The molecule has 4 aromatic rings. The van der Waals surface area contributed by atoms with E-state index in [9.17, 15) is 18.0 Å². The lowest BCUT2D eigenvalue weighted by molar-refractivity contribution is -0.140. The van der Waals surface area contributed by atoms with Crippen LogP contribution in [0.2, 0.25) is 5.02 Å².